The Hall–Kier alpha value is -2.01. The summed E-state index contributed by atoms with van der Waals surface area (Å²) >= 11 is 4.93. The zero-order chi connectivity index (χ0) is 13.8. The molecule has 1 atom stereocenters. The maximum absolute atomic E-state index is 12.3. The predicted molar refractivity (Wildman–Crippen MR) is 80.1 cm³/mol. The Balaban J connectivity index is 2.34. The number of nitrogens with zero attached hydrogens (tertiary/aromatic N) is 1. The lowest BCUT2D eigenvalue weighted by Crippen LogP contribution is -2.43. The van der Waals surface area contributed by atoms with Gasteiger partial charge in [-0.3, -0.25) is 9.78 Å². The molecule has 1 aromatic heterocycles. The van der Waals surface area contributed by atoms with E-state index < -0.39 is 0 Å². The number of pyridine rings is 1. The van der Waals surface area contributed by atoms with E-state index in [1.54, 1.807) is 12.3 Å². The highest BCUT2D eigenvalue weighted by Crippen LogP contribution is 2.16. The van der Waals surface area contributed by atoms with Crippen molar-refractivity contribution in [3.63, 3.8) is 0 Å². The number of aromatic nitrogens is 1. The lowest BCUT2D eigenvalue weighted by molar-refractivity contribution is 0.0948. The summed E-state index contributed by atoms with van der Waals surface area (Å²) in [7, 11) is 0. The van der Waals surface area contributed by atoms with Gasteiger partial charge in [-0.05, 0) is 18.6 Å². The van der Waals surface area contributed by atoms with Gasteiger partial charge in [-0.1, -0.05) is 37.3 Å². The molecular formula is C14H15N3OS. The van der Waals surface area contributed by atoms with E-state index in [2.05, 4.69) is 10.3 Å². The number of nitrogens with two attached hydrogens (primary N) is 1. The van der Waals surface area contributed by atoms with E-state index in [-0.39, 0.29) is 11.9 Å². The van der Waals surface area contributed by atoms with Crippen molar-refractivity contribution in [2.45, 2.75) is 19.4 Å². The molecule has 0 saturated heterocycles. The third kappa shape index (κ3) is 2.88. The molecule has 1 unspecified atom stereocenters. The summed E-state index contributed by atoms with van der Waals surface area (Å²) in [6.07, 6.45) is 2.29. The number of para-hydroxylation sites is 1. The van der Waals surface area contributed by atoms with Crippen LogP contribution in [0.1, 0.15) is 23.7 Å². The van der Waals surface area contributed by atoms with E-state index in [9.17, 15) is 4.79 Å². The van der Waals surface area contributed by atoms with Crippen molar-refractivity contribution in [1.29, 1.82) is 0 Å². The quantitative estimate of drug-likeness (QED) is 0.836. The average molecular weight is 273 g/mol. The molecule has 4 nitrogen and oxygen atoms in total. The van der Waals surface area contributed by atoms with Gasteiger partial charge >= 0.3 is 0 Å². The van der Waals surface area contributed by atoms with Crippen molar-refractivity contribution < 1.29 is 4.79 Å². The van der Waals surface area contributed by atoms with Crippen LogP contribution in [0.5, 0.6) is 0 Å². The van der Waals surface area contributed by atoms with Gasteiger partial charge in [0.2, 0.25) is 0 Å². The van der Waals surface area contributed by atoms with Crippen LogP contribution in [0.2, 0.25) is 0 Å². The number of benzene rings is 1. The van der Waals surface area contributed by atoms with Gasteiger partial charge in [0, 0.05) is 11.6 Å². The number of thiocarbonyl (C=S) groups is 1. The number of carbonyl (C=O) groups excluding carboxylic acids is 1. The first-order valence-corrected chi connectivity index (χ1v) is 6.48. The van der Waals surface area contributed by atoms with E-state index in [0.717, 1.165) is 10.9 Å². The van der Waals surface area contributed by atoms with Gasteiger partial charge in [0.1, 0.15) is 0 Å². The maximum Gasteiger partial charge on any atom is 0.252 e. The number of rotatable bonds is 4. The van der Waals surface area contributed by atoms with Gasteiger partial charge in [0.05, 0.1) is 22.1 Å². The topological polar surface area (TPSA) is 68.0 Å². The highest BCUT2D eigenvalue weighted by molar-refractivity contribution is 7.80. The first-order valence-electron chi connectivity index (χ1n) is 6.07. The van der Waals surface area contributed by atoms with Crippen LogP contribution >= 0.6 is 12.2 Å². The Morgan fingerprint density at radius 2 is 2.16 bits per heavy atom. The first kappa shape index (κ1) is 13.4. The third-order valence-corrected chi connectivity index (χ3v) is 3.24. The number of hydrogen-bond donors (Lipinski definition) is 2. The molecule has 0 spiro atoms. The molecule has 2 aromatic rings. The Morgan fingerprint density at radius 3 is 2.84 bits per heavy atom. The Morgan fingerprint density at radius 1 is 1.42 bits per heavy atom. The molecule has 5 heteroatoms. The Kier molecular flexibility index (Phi) is 4.06. The van der Waals surface area contributed by atoms with E-state index in [0.29, 0.717) is 17.0 Å². The SMILES string of the molecule is CCC(NC(=O)c1ccnc2ccccc12)C(N)=S. The molecule has 0 fully saturated rings. The van der Waals surface area contributed by atoms with Crippen molar-refractivity contribution in [1.82, 2.24) is 10.3 Å². The number of hydrogen-bond acceptors (Lipinski definition) is 3. The molecule has 0 aliphatic heterocycles. The minimum Gasteiger partial charge on any atom is -0.392 e. The fourth-order valence-electron chi connectivity index (χ4n) is 1.90. The number of fused-ring (bicyclic) bond motifs is 1. The Labute approximate surface area is 117 Å². The molecule has 1 aromatic carbocycles. The lowest BCUT2D eigenvalue weighted by Gasteiger charge is -2.16. The van der Waals surface area contributed by atoms with Crippen LogP contribution in [0, 0.1) is 0 Å². The zero-order valence-corrected chi connectivity index (χ0v) is 11.4. The number of carbonyl (C=O) groups is 1. The largest absolute Gasteiger partial charge is 0.392 e. The second-order valence-electron chi connectivity index (χ2n) is 4.21. The van der Waals surface area contributed by atoms with Crippen LogP contribution in [-0.4, -0.2) is 21.9 Å². The van der Waals surface area contributed by atoms with Crippen molar-refractivity contribution in [3.05, 3.63) is 42.1 Å². The van der Waals surface area contributed by atoms with Crippen LogP contribution < -0.4 is 11.1 Å². The first-order chi connectivity index (χ1) is 9.13. The molecule has 0 saturated carbocycles. The number of amides is 1. The minimum absolute atomic E-state index is 0.182. The molecule has 19 heavy (non-hydrogen) atoms. The standard InChI is InChI=1S/C14H15N3OS/c1-2-11(13(15)19)17-14(18)10-7-8-16-12-6-4-3-5-9(10)12/h3-8,11H,2H2,1H3,(H2,15,19)(H,17,18). The van der Waals surface area contributed by atoms with Crippen molar-refractivity contribution in [3.8, 4) is 0 Å². The molecule has 0 aliphatic rings. The second-order valence-corrected chi connectivity index (χ2v) is 4.68. The summed E-state index contributed by atoms with van der Waals surface area (Å²) in [5.74, 6) is -0.182. The summed E-state index contributed by atoms with van der Waals surface area (Å²) in [6.45, 7) is 1.93. The maximum atomic E-state index is 12.3. The second kappa shape index (κ2) is 5.75. The molecule has 0 radical (unpaired) electrons. The van der Waals surface area contributed by atoms with Gasteiger partial charge in [-0.25, -0.2) is 0 Å². The van der Waals surface area contributed by atoms with Crippen LogP contribution in [0.25, 0.3) is 10.9 Å². The van der Waals surface area contributed by atoms with Gasteiger partial charge in [-0.2, -0.15) is 0 Å². The zero-order valence-electron chi connectivity index (χ0n) is 10.6. The lowest BCUT2D eigenvalue weighted by atomic mass is 10.1. The minimum atomic E-state index is -0.283. The normalized spacial score (nSPS) is 12.1. The average Bonchev–Trinajstić information content (AvgIpc) is 2.43. The molecule has 1 heterocycles. The van der Waals surface area contributed by atoms with Gasteiger partial charge in [0.25, 0.3) is 5.91 Å². The van der Waals surface area contributed by atoms with E-state index in [1.807, 2.05) is 31.2 Å². The number of nitrogens with one attached hydrogen (secondary N) is 1. The van der Waals surface area contributed by atoms with Gasteiger partial charge in [0.15, 0.2) is 0 Å². The van der Waals surface area contributed by atoms with Crippen molar-refractivity contribution >= 4 is 34.0 Å². The van der Waals surface area contributed by atoms with E-state index in [1.165, 1.54) is 0 Å². The van der Waals surface area contributed by atoms with Crippen molar-refractivity contribution in [2.75, 3.05) is 0 Å². The van der Waals surface area contributed by atoms with Crippen molar-refractivity contribution in [2.24, 2.45) is 5.73 Å². The molecular weight excluding hydrogens is 258 g/mol. The van der Waals surface area contributed by atoms with E-state index in [4.69, 9.17) is 18.0 Å². The van der Waals surface area contributed by atoms with Crippen LogP contribution in [0.3, 0.4) is 0 Å². The monoisotopic (exact) mass is 273 g/mol. The molecule has 98 valence electrons. The summed E-state index contributed by atoms with van der Waals surface area (Å²) in [5, 5.41) is 3.66. The summed E-state index contributed by atoms with van der Waals surface area (Å²) in [4.78, 5) is 16.8. The predicted octanol–water partition coefficient (Wildman–Crippen LogP) is 2.03. The summed E-state index contributed by atoms with van der Waals surface area (Å²) in [5.41, 5.74) is 6.96. The molecule has 3 N–H and O–H groups in total. The van der Waals surface area contributed by atoms with Gasteiger partial charge < -0.3 is 11.1 Å². The molecule has 2 rings (SSSR count). The van der Waals surface area contributed by atoms with E-state index >= 15 is 0 Å². The highest BCUT2D eigenvalue weighted by atomic mass is 32.1. The Bertz CT molecular complexity index is 622. The van der Waals surface area contributed by atoms with Crippen LogP contribution in [0.15, 0.2) is 36.5 Å². The van der Waals surface area contributed by atoms with Crippen LogP contribution in [-0.2, 0) is 0 Å². The van der Waals surface area contributed by atoms with Gasteiger partial charge in [-0.15, -0.1) is 0 Å². The summed E-state index contributed by atoms with van der Waals surface area (Å²) in [6, 6.07) is 8.93. The summed E-state index contributed by atoms with van der Waals surface area (Å²) < 4.78 is 0. The molecule has 0 aliphatic carbocycles. The highest BCUT2D eigenvalue weighted by Gasteiger charge is 2.16. The third-order valence-electron chi connectivity index (χ3n) is 2.95. The van der Waals surface area contributed by atoms with Crippen LogP contribution in [0.4, 0.5) is 0 Å². The molecule has 1 amide bonds. The fraction of sp³-hybridized carbons (Fsp3) is 0.214. The fourth-order valence-corrected chi connectivity index (χ4v) is 2.13. The molecule has 0 bridgehead atoms. The smallest absolute Gasteiger partial charge is 0.252 e.